The maximum absolute atomic E-state index is 14.1. The van der Waals surface area contributed by atoms with E-state index in [2.05, 4.69) is 0 Å². The van der Waals surface area contributed by atoms with Gasteiger partial charge in [0.2, 0.25) is 0 Å². The highest BCUT2D eigenvalue weighted by Gasteiger charge is 2.39. The molecule has 1 heterocycles. The first-order chi connectivity index (χ1) is 17.7. The van der Waals surface area contributed by atoms with Gasteiger partial charge in [0, 0.05) is 17.5 Å². The molecule has 1 aliphatic heterocycles. The second-order valence-electron chi connectivity index (χ2n) is 8.72. The minimum Gasteiger partial charge on any atom is -0.486 e. The molecule has 0 bridgehead atoms. The van der Waals surface area contributed by atoms with Gasteiger partial charge in [0.1, 0.15) is 23.5 Å². The molecule has 1 aliphatic rings. The average molecular weight is 576 g/mol. The number of benzene rings is 3. The van der Waals surface area contributed by atoms with Crippen molar-refractivity contribution in [3.05, 3.63) is 76.8 Å². The zero-order valence-electron chi connectivity index (χ0n) is 19.5. The molecule has 1 N–H and O–H groups in total. The van der Waals surface area contributed by atoms with Gasteiger partial charge in [0.05, 0.1) is 34.1 Å². The Bertz CT molecular complexity index is 1510. The van der Waals surface area contributed by atoms with E-state index in [9.17, 15) is 40.3 Å². The third-order valence-corrected chi connectivity index (χ3v) is 8.20. The van der Waals surface area contributed by atoms with Crippen molar-refractivity contribution in [2.24, 2.45) is 5.92 Å². The molecular formula is C25H19ClF5NO5S. The van der Waals surface area contributed by atoms with E-state index < -0.39 is 67.9 Å². The molecule has 6 nitrogen and oxygen atoms in total. The summed E-state index contributed by atoms with van der Waals surface area (Å²) in [6, 6.07) is 8.61. The molecule has 0 saturated heterocycles. The molecule has 0 spiro atoms. The second kappa shape index (κ2) is 10.1. The highest BCUT2D eigenvalue weighted by atomic mass is 35.5. The van der Waals surface area contributed by atoms with Crippen molar-refractivity contribution in [3.8, 4) is 16.9 Å². The van der Waals surface area contributed by atoms with Gasteiger partial charge < -0.3 is 9.84 Å². The van der Waals surface area contributed by atoms with Gasteiger partial charge in [0.25, 0.3) is 10.0 Å². The summed E-state index contributed by atoms with van der Waals surface area (Å²) in [5.74, 6) is -3.85. The third-order valence-electron chi connectivity index (χ3n) is 6.04. The number of carboxylic acid groups (broad SMARTS) is 1. The van der Waals surface area contributed by atoms with Gasteiger partial charge in [-0.25, -0.2) is 17.2 Å². The Hall–Kier alpha value is -3.38. The van der Waals surface area contributed by atoms with Crippen LogP contribution in [0.25, 0.3) is 11.1 Å². The number of rotatable bonds is 6. The van der Waals surface area contributed by atoms with Crippen LogP contribution >= 0.6 is 11.6 Å². The summed E-state index contributed by atoms with van der Waals surface area (Å²) >= 11 is 6.01. The van der Waals surface area contributed by atoms with Gasteiger partial charge >= 0.3 is 12.1 Å². The molecule has 0 fully saturated rings. The molecule has 0 amide bonds. The van der Waals surface area contributed by atoms with Crippen LogP contribution in [0.3, 0.4) is 0 Å². The summed E-state index contributed by atoms with van der Waals surface area (Å²) < 4.78 is 102. The number of aliphatic carboxylic acids is 1. The predicted molar refractivity (Wildman–Crippen MR) is 129 cm³/mol. The van der Waals surface area contributed by atoms with Crippen LogP contribution in [0.15, 0.2) is 59.5 Å². The summed E-state index contributed by atoms with van der Waals surface area (Å²) in [6.07, 6.45) is -6.15. The Morgan fingerprint density at radius 3 is 2.53 bits per heavy atom. The number of halogens is 6. The van der Waals surface area contributed by atoms with Crippen molar-refractivity contribution in [1.29, 1.82) is 0 Å². The molecular weight excluding hydrogens is 557 g/mol. The van der Waals surface area contributed by atoms with Gasteiger partial charge in [-0.15, -0.1) is 0 Å². The molecule has 3 aromatic rings. The Morgan fingerprint density at radius 2 is 1.87 bits per heavy atom. The van der Waals surface area contributed by atoms with E-state index in [1.807, 2.05) is 0 Å². The monoisotopic (exact) mass is 575 g/mol. The number of fused-ring (bicyclic) bond motifs is 1. The molecule has 0 radical (unpaired) electrons. The molecule has 13 heteroatoms. The number of sulfonamides is 1. The van der Waals surface area contributed by atoms with E-state index in [0.717, 1.165) is 28.6 Å². The number of anilines is 1. The van der Waals surface area contributed by atoms with Crippen LogP contribution in [0.2, 0.25) is 5.02 Å². The van der Waals surface area contributed by atoms with Crippen LogP contribution in [0.1, 0.15) is 18.9 Å². The third kappa shape index (κ3) is 5.41. The second-order valence-corrected chi connectivity index (χ2v) is 11.0. The van der Waals surface area contributed by atoms with Crippen molar-refractivity contribution in [3.63, 3.8) is 0 Å². The van der Waals surface area contributed by atoms with Crippen molar-refractivity contribution < 1.29 is 45.0 Å². The maximum atomic E-state index is 14.1. The molecule has 3 aromatic carbocycles. The zero-order valence-corrected chi connectivity index (χ0v) is 21.0. The molecule has 2 atom stereocenters. The molecule has 202 valence electrons. The first-order valence-electron chi connectivity index (χ1n) is 11.1. The van der Waals surface area contributed by atoms with Crippen LogP contribution in [0.5, 0.6) is 5.75 Å². The summed E-state index contributed by atoms with van der Waals surface area (Å²) in [5.41, 5.74) is -1.29. The van der Waals surface area contributed by atoms with Crippen molar-refractivity contribution in [2.45, 2.75) is 30.5 Å². The lowest BCUT2D eigenvalue weighted by Gasteiger charge is -2.38. The Kier molecular flexibility index (Phi) is 7.32. The number of carboxylic acids is 1. The van der Waals surface area contributed by atoms with Crippen molar-refractivity contribution in [1.82, 2.24) is 0 Å². The maximum Gasteiger partial charge on any atom is 0.416 e. The molecule has 0 saturated carbocycles. The Balaban J connectivity index is 1.87. The normalized spacial score (nSPS) is 16.5. The molecule has 1 unspecified atom stereocenters. The van der Waals surface area contributed by atoms with Gasteiger partial charge in [-0.05, 0) is 42.0 Å². The van der Waals surface area contributed by atoms with E-state index in [-0.39, 0.29) is 29.0 Å². The van der Waals surface area contributed by atoms with E-state index in [1.54, 1.807) is 0 Å². The lowest BCUT2D eigenvalue weighted by molar-refractivity contribution is -0.139. The van der Waals surface area contributed by atoms with E-state index >= 15 is 0 Å². The zero-order chi connectivity index (χ0) is 28.0. The van der Waals surface area contributed by atoms with Crippen molar-refractivity contribution in [2.75, 3.05) is 10.8 Å². The number of nitrogens with zero attached hydrogens (tertiary/aromatic N) is 1. The van der Waals surface area contributed by atoms with Gasteiger partial charge in [-0.3, -0.25) is 9.10 Å². The Labute approximate surface area is 219 Å². The van der Waals surface area contributed by atoms with Gasteiger partial charge in [-0.2, -0.15) is 13.2 Å². The molecule has 0 aromatic heterocycles. The average Bonchev–Trinajstić information content (AvgIpc) is 2.84. The number of ether oxygens (including phenoxy) is 1. The fourth-order valence-corrected chi connectivity index (χ4v) is 5.84. The minimum atomic E-state index is -4.81. The number of hydrogen-bond donors (Lipinski definition) is 1. The van der Waals surface area contributed by atoms with Crippen LogP contribution in [-0.4, -0.2) is 32.1 Å². The van der Waals surface area contributed by atoms with Crippen LogP contribution < -0.4 is 9.04 Å². The first-order valence-corrected chi connectivity index (χ1v) is 12.9. The molecule has 4 rings (SSSR count). The molecule has 0 aliphatic carbocycles. The van der Waals surface area contributed by atoms with Crippen LogP contribution in [-0.2, 0) is 21.0 Å². The SMILES string of the molecule is CC(CC(=O)O)[C@H]1CN(S(=O)(=O)c2cccc(C(F)(F)F)c2)c2cc(-c3cc(F)cc(F)c3Cl)ccc2O1. The van der Waals surface area contributed by atoms with E-state index in [4.69, 9.17) is 16.3 Å². The van der Waals surface area contributed by atoms with Crippen molar-refractivity contribution >= 4 is 33.3 Å². The largest absolute Gasteiger partial charge is 0.486 e. The highest BCUT2D eigenvalue weighted by Crippen LogP contribution is 2.43. The van der Waals surface area contributed by atoms with Crippen LogP contribution in [0.4, 0.5) is 27.6 Å². The Morgan fingerprint density at radius 1 is 1.16 bits per heavy atom. The first kappa shape index (κ1) is 27.6. The predicted octanol–water partition coefficient (Wildman–Crippen LogP) is 6.37. The fraction of sp³-hybridized carbons (Fsp3) is 0.240. The minimum absolute atomic E-state index is 0.0224. The van der Waals surface area contributed by atoms with Gasteiger partial charge in [-0.1, -0.05) is 30.7 Å². The quantitative estimate of drug-likeness (QED) is 0.273. The summed E-state index contributed by atoms with van der Waals surface area (Å²) in [5, 5.41) is 8.76. The van der Waals surface area contributed by atoms with Gasteiger partial charge in [0.15, 0.2) is 0 Å². The fourth-order valence-electron chi connectivity index (χ4n) is 4.10. The highest BCUT2D eigenvalue weighted by molar-refractivity contribution is 7.92. The van der Waals surface area contributed by atoms with E-state index in [1.165, 1.54) is 25.1 Å². The smallest absolute Gasteiger partial charge is 0.416 e. The summed E-state index contributed by atoms with van der Waals surface area (Å²) in [6.45, 7) is 1.09. The number of hydrogen-bond acceptors (Lipinski definition) is 4. The number of alkyl halides is 3. The summed E-state index contributed by atoms with van der Waals surface area (Å²) in [4.78, 5) is 10.6. The van der Waals surface area contributed by atoms with E-state index in [0.29, 0.717) is 12.1 Å². The summed E-state index contributed by atoms with van der Waals surface area (Å²) in [7, 11) is -4.65. The lowest BCUT2D eigenvalue weighted by Crippen LogP contribution is -2.46. The standard InChI is InChI=1S/C25H19ClF5NO5S/c1-13(7-23(33)34)22-12-32(38(35,36)17-4-2-3-15(9-17)25(29,30)31)20-8-14(5-6-21(20)37-22)18-10-16(27)11-19(28)24(18)26/h2-6,8-11,13,22H,7,12H2,1H3,(H,33,34)/t13?,22-/m1/s1. The molecule has 38 heavy (non-hydrogen) atoms. The lowest BCUT2D eigenvalue weighted by atomic mass is 9.98. The number of carbonyl (C=O) groups is 1. The van der Waals surface area contributed by atoms with Crippen LogP contribution in [0, 0.1) is 17.6 Å². The topological polar surface area (TPSA) is 83.9 Å².